The van der Waals surface area contributed by atoms with E-state index < -0.39 is 11.4 Å². The van der Waals surface area contributed by atoms with Crippen molar-refractivity contribution in [3.8, 4) is 0 Å². The molecule has 3 rings (SSSR count). The Hall–Kier alpha value is -2.21. The number of hydrogen-bond donors (Lipinski definition) is 2. The summed E-state index contributed by atoms with van der Waals surface area (Å²) in [6.45, 7) is 0. The van der Waals surface area contributed by atoms with Gasteiger partial charge in [-0.25, -0.2) is 9.18 Å². The molecule has 0 aliphatic heterocycles. The van der Waals surface area contributed by atoms with Crippen LogP contribution in [0.25, 0.3) is 0 Å². The Morgan fingerprint density at radius 1 is 1.19 bits per heavy atom. The minimum atomic E-state index is -1.06. The van der Waals surface area contributed by atoms with Crippen LogP contribution in [0, 0.1) is 5.82 Å². The fourth-order valence-corrected chi connectivity index (χ4v) is 3.04. The molecule has 1 saturated carbocycles. The van der Waals surface area contributed by atoms with E-state index in [0.717, 1.165) is 16.9 Å². The van der Waals surface area contributed by atoms with Crippen LogP contribution in [-0.2, 0) is 10.2 Å². The third kappa shape index (κ3) is 2.42. The van der Waals surface area contributed by atoms with Crippen molar-refractivity contribution in [2.75, 3.05) is 5.32 Å². The number of nitrogens with one attached hydrogen (secondary N) is 1. The Balaban J connectivity index is 1.83. The minimum absolute atomic E-state index is 0.109. The molecule has 1 aromatic heterocycles. The molecule has 1 aromatic carbocycles. The van der Waals surface area contributed by atoms with Crippen molar-refractivity contribution >= 4 is 28.9 Å². The summed E-state index contributed by atoms with van der Waals surface area (Å²) in [5.41, 5.74) is 0.408. The van der Waals surface area contributed by atoms with Gasteiger partial charge in [0.05, 0.1) is 11.1 Å². The predicted octanol–water partition coefficient (Wildman–Crippen LogP) is 3.26. The first-order valence-electron chi connectivity index (χ1n) is 6.41. The number of carbonyl (C=O) groups excluding carboxylic acids is 1. The molecular formula is C15H12FNO3S. The van der Waals surface area contributed by atoms with Gasteiger partial charge in [0, 0.05) is 0 Å². The zero-order valence-corrected chi connectivity index (χ0v) is 11.7. The van der Waals surface area contributed by atoms with Crippen LogP contribution in [0.4, 0.5) is 10.1 Å². The van der Waals surface area contributed by atoms with Gasteiger partial charge in [0.15, 0.2) is 0 Å². The summed E-state index contributed by atoms with van der Waals surface area (Å²) in [6.07, 6.45) is 1.36. The lowest BCUT2D eigenvalue weighted by Crippen LogP contribution is -2.28. The maximum atomic E-state index is 13.0. The van der Waals surface area contributed by atoms with Crippen LogP contribution in [0.5, 0.6) is 0 Å². The highest BCUT2D eigenvalue weighted by Crippen LogP contribution is 2.49. The van der Waals surface area contributed by atoms with Gasteiger partial charge in [0.25, 0.3) is 0 Å². The lowest BCUT2D eigenvalue weighted by atomic mass is 9.95. The number of carboxylic acid groups (broad SMARTS) is 1. The number of carbonyl (C=O) groups is 2. The summed E-state index contributed by atoms with van der Waals surface area (Å²) >= 11 is 1.06. The lowest BCUT2D eigenvalue weighted by Gasteiger charge is -2.15. The number of halogens is 1. The highest BCUT2D eigenvalue weighted by molar-refractivity contribution is 7.12. The second kappa shape index (κ2) is 4.96. The van der Waals surface area contributed by atoms with Crippen LogP contribution >= 0.6 is 11.3 Å². The third-order valence-corrected chi connectivity index (χ3v) is 4.59. The molecule has 0 radical (unpaired) electrons. The molecule has 0 unspecified atom stereocenters. The second-order valence-corrected chi connectivity index (χ2v) is 5.93. The van der Waals surface area contributed by atoms with Gasteiger partial charge in [0.1, 0.15) is 10.7 Å². The standard InChI is InChI=1S/C15H12FNO3S/c16-10-3-1-9(2-4-10)15(6-7-15)14(20)17-11-5-8-21-12(11)13(18)19/h1-5,8H,6-7H2,(H,17,20)(H,18,19). The van der Waals surface area contributed by atoms with Crippen molar-refractivity contribution in [3.63, 3.8) is 0 Å². The monoisotopic (exact) mass is 305 g/mol. The molecule has 4 nitrogen and oxygen atoms in total. The molecule has 6 heteroatoms. The van der Waals surface area contributed by atoms with E-state index in [9.17, 15) is 14.0 Å². The summed E-state index contributed by atoms with van der Waals surface area (Å²) in [5, 5.41) is 13.4. The van der Waals surface area contributed by atoms with E-state index in [0.29, 0.717) is 18.5 Å². The number of hydrogen-bond acceptors (Lipinski definition) is 3. The van der Waals surface area contributed by atoms with Gasteiger partial charge in [-0.2, -0.15) is 0 Å². The molecule has 1 amide bonds. The van der Waals surface area contributed by atoms with Crippen molar-refractivity contribution in [1.82, 2.24) is 0 Å². The predicted molar refractivity (Wildman–Crippen MR) is 77.2 cm³/mol. The van der Waals surface area contributed by atoms with Gasteiger partial charge in [0.2, 0.25) is 5.91 Å². The molecule has 0 atom stereocenters. The smallest absolute Gasteiger partial charge is 0.348 e. The summed E-state index contributed by atoms with van der Waals surface area (Å²) in [4.78, 5) is 23.6. The van der Waals surface area contributed by atoms with E-state index >= 15 is 0 Å². The maximum absolute atomic E-state index is 13.0. The topological polar surface area (TPSA) is 66.4 Å². The Kier molecular flexibility index (Phi) is 3.25. The summed E-state index contributed by atoms with van der Waals surface area (Å²) in [6, 6.07) is 7.44. The van der Waals surface area contributed by atoms with Crippen LogP contribution in [0.3, 0.4) is 0 Å². The molecule has 1 aliphatic rings. The average Bonchev–Trinajstić information content (AvgIpc) is 3.13. The fourth-order valence-electron chi connectivity index (χ4n) is 2.36. The molecule has 108 valence electrons. The number of amides is 1. The van der Waals surface area contributed by atoms with Gasteiger partial charge in [-0.3, -0.25) is 4.79 Å². The SMILES string of the molecule is O=C(O)c1sccc1NC(=O)C1(c2ccc(F)cc2)CC1. The van der Waals surface area contributed by atoms with Crippen LogP contribution in [-0.4, -0.2) is 17.0 Å². The van der Waals surface area contributed by atoms with Crippen molar-refractivity contribution in [3.05, 3.63) is 52.0 Å². The van der Waals surface area contributed by atoms with E-state index in [-0.39, 0.29) is 16.6 Å². The molecule has 0 saturated heterocycles. The Morgan fingerprint density at radius 3 is 2.43 bits per heavy atom. The van der Waals surface area contributed by atoms with Gasteiger partial charge < -0.3 is 10.4 Å². The van der Waals surface area contributed by atoms with E-state index in [1.54, 1.807) is 23.6 Å². The quantitative estimate of drug-likeness (QED) is 0.911. The summed E-state index contributed by atoms with van der Waals surface area (Å²) in [7, 11) is 0. The van der Waals surface area contributed by atoms with Gasteiger partial charge in [-0.05, 0) is 42.0 Å². The molecular weight excluding hydrogens is 293 g/mol. The number of anilines is 1. The Bertz CT molecular complexity index is 704. The Morgan fingerprint density at radius 2 is 1.86 bits per heavy atom. The fraction of sp³-hybridized carbons (Fsp3) is 0.200. The number of benzene rings is 1. The highest BCUT2D eigenvalue weighted by Gasteiger charge is 2.51. The number of aromatic carboxylic acids is 1. The molecule has 2 aromatic rings. The maximum Gasteiger partial charge on any atom is 0.348 e. The first-order chi connectivity index (χ1) is 10.0. The van der Waals surface area contributed by atoms with Crippen molar-refractivity contribution < 1.29 is 19.1 Å². The molecule has 21 heavy (non-hydrogen) atoms. The molecule has 1 fully saturated rings. The van der Waals surface area contributed by atoms with Gasteiger partial charge >= 0.3 is 5.97 Å². The molecule has 0 spiro atoms. The molecule has 0 bridgehead atoms. The van der Waals surface area contributed by atoms with Crippen molar-refractivity contribution in [1.29, 1.82) is 0 Å². The first kappa shape index (κ1) is 13.8. The van der Waals surface area contributed by atoms with Crippen LogP contribution < -0.4 is 5.32 Å². The van der Waals surface area contributed by atoms with E-state index in [1.807, 2.05) is 0 Å². The Labute approximate surface area is 124 Å². The van der Waals surface area contributed by atoms with Gasteiger partial charge in [-0.1, -0.05) is 12.1 Å². The van der Waals surface area contributed by atoms with E-state index in [1.165, 1.54) is 12.1 Å². The lowest BCUT2D eigenvalue weighted by molar-refractivity contribution is -0.118. The summed E-state index contributed by atoms with van der Waals surface area (Å²) < 4.78 is 13.0. The van der Waals surface area contributed by atoms with Gasteiger partial charge in [-0.15, -0.1) is 11.3 Å². The highest BCUT2D eigenvalue weighted by atomic mass is 32.1. The average molecular weight is 305 g/mol. The van der Waals surface area contributed by atoms with Crippen LogP contribution in [0.15, 0.2) is 35.7 Å². The van der Waals surface area contributed by atoms with Crippen molar-refractivity contribution in [2.45, 2.75) is 18.3 Å². The van der Waals surface area contributed by atoms with E-state index in [4.69, 9.17) is 5.11 Å². The number of carboxylic acids is 1. The largest absolute Gasteiger partial charge is 0.477 e. The minimum Gasteiger partial charge on any atom is -0.477 e. The normalized spacial score (nSPS) is 15.5. The summed E-state index contributed by atoms with van der Waals surface area (Å²) in [5.74, 6) is -1.65. The zero-order valence-electron chi connectivity index (χ0n) is 10.9. The molecule has 1 heterocycles. The third-order valence-electron chi connectivity index (χ3n) is 3.69. The number of thiophene rings is 1. The molecule has 1 aliphatic carbocycles. The first-order valence-corrected chi connectivity index (χ1v) is 7.29. The number of rotatable bonds is 4. The zero-order chi connectivity index (χ0) is 15.0. The van der Waals surface area contributed by atoms with E-state index in [2.05, 4.69) is 5.32 Å². The van der Waals surface area contributed by atoms with Crippen LogP contribution in [0.1, 0.15) is 28.1 Å². The molecule has 2 N–H and O–H groups in total. The van der Waals surface area contributed by atoms with Crippen LogP contribution in [0.2, 0.25) is 0 Å². The van der Waals surface area contributed by atoms with Crippen molar-refractivity contribution in [2.24, 2.45) is 0 Å². The second-order valence-electron chi connectivity index (χ2n) is 5.01.